The van der Waals surface area contributed by atoms with Gasteiger partial charge in [-0.15, -0.1) is 0 Å². The predicted molar refractivity (Wildman–Crippen MR) is 125 cm³/mol. The average molecular weight is 439 g/mol. The van der Waals surface area contributed by atoms with Crippen molar-refractivity contribution in [2.45, 2.75) is 44.4 Å². The van der Waals surface area contributed by atoms with Crippen molar-refractivity contribution in [3.05, 3.63) is 77.4 Å². The summed E-state index contributed by atoms with van der Waals surface area (Å²) in [6, 6.07) is 14.3. The van der Waals surface area contributed by atoms with E-state index in [-0.39, 0.29) is 5.41 Å². The molecule has 166 valence electrons. The van der Waals surface area contributed by atoms with Gasteiger partial charge in [0.05, 0.1) is 24.7 Å². The lowest BCUT2D eigenvalue weighted by Crippen LogP contribution is -2.45. The molecule has 0 fully saturated rings. The second-order valence-electron chi connectivity index (χ2n) is 9.42. The smallest absolute Gasteiger partial charge is 0.213 e. The van der Waals surface area contributed by atoms with Gasteiger partial charge in [0.2, 0.25) is 5.88 Å². The van der Waals surface area contributed by atoms with Gasteiger partial charge in [0.1, 0.15) is 5.76 Å². The normalized spacial score (nSPS) is 23.4. The molecule has 3 aromatic heterocycles. The van der Waals surface area contributed by atoms with E-state index >= 15 is 0 Å². The minimum absolute atomic E-state index is 0.121. The van der Waals surface area contributed by atoms with Crippen LogP contribution in [0.15, 0.2) is 59.4 Å². The van der Waals surface area contributed by atoms with Crippen molar-refractivity contribution in [3.63, 3.8) is 0 Å². The molecule has 33 heavy (non-hydrogen) atoms. The molecule has 0 aliphatic heterocycles. The highest BCUT2D eigenvalue weighted by molar-refractivity contribution is 5.69. The Labute approximate surface area is 193 Å². The van der Waals surface area contributed by atoms with Crippen LogP contribution in [0.2, 0.25) is 0 Å². The van der Waals surface area contributed by atoms with Gasteiger partial charge >= 0.3 is 0 Å². The number of benzene rings is 1. The highest BCUT2D eigenvalue weighted by Crippen LogP contribution is 2.54. The summed E-state index contributed by atoms with van der Waals surface area (Å²) in [5.74, 6) is 3.04. The van der Waals surface area contributed by atoms with Gasteiger partial charge in [-0.25, -0.2) is 15.0 Å². The number of aromatic nitrogens is 4. The molecule has 6 rings (SSSR count). The summed E-state index contributed by atoms with van der Waals surface area (Å²) in [5, 5.41) is 4.12. The zero-order valence-corrected chi connectivity index (χ0v) is 19.1. The van der Waals surface area contributed by atoms with Crippen LogP contribution in [0.4, 0.5) is 0 Å². The minimum Gasteiger partial charge on any atom is -0.481 e. The van der Waals surface area contributed by atoms with E-state index in [4.69, 9.17) is 19.2 Å². The predicted octanol–water partition coefficient (Wildman–Crippen LogP) is 5.38. The van der Waals surface area contributed by atoms with Crippen LogP contribution < -0.4 is 4.74 Å². The quantitative estimate of drug-likeness (QED) is 0.427. The minimum atomic E-state index is -0.121. The average Bonchev–Trinajstić information content (AvgIpc) is 3.32. The molecule has 0 bridgehead atoms. The van der Waals surface area contributed by atoms with E-state index in [1.807, 2.05) is 24.4 Å². The SMILES string of the molecule is COc1cc(-c2nc(-c3ccccc3)c3c(n2)[C@]2(C)Cc4cnoc4[C@H](C)[C@H]2CC3)ccn1. The highest BCUT2D eigenvalue weighted by Gasteiger charge is 2.50. The summed E-state index contributed by atoms with van der Waals surface area (Å²) >= 11 is 0. The van der Waals surface area contributed by atoms with Crippen LogP contribution in [0.3, 0.4) is 0 Å². The Hall–Kier alpha value is -3.54. The number of fused-ring (bicyclic) bond motifs is 4. The summed E-state index contributed by atoms with van der Waals surface area (Å²) in [4.78, 5) is 14.6. The fourth-order valence-electron chi connectivity index (χ4n) is 5.98. The number of pyridine rings is 1. The first-order chi connectivity index (χ1) is 16.1. The molecule has 0 unspecified atom stereocenters. The first-order valence-electron chi connectivity index (χ1n) is 11.5. The number of hydrogen-bond donors (Lipinski definition) is 0. The van der Waals surface area contributed by atoms with Gasteiger partial charge in [-0.3, -0.25) is 0 Å². The van der Waals surface area contributed by atoms with Gasteiger partial charge < -0.3 is 9.26 Å². The van der Waals surface area contributed by atoms with E-state index < -0.39 is 0 Å². The largest absolute Gasteiger partial charge is 0.481 e. The lowest BCUT2D eigenvalue weighted by Gasteiger charge is -2.47. The van der Waals surface area contributed by atoms with E-state index in [2.05, 4.69) is 48.3 Å². The van der Waals surface area contributed by atoms with Gasteiger partial charge in [0.15, 0.2) is 5.82 Å². The van der Waals surface area contributed by atoms with Gasteiger partial charge in [-0.05, 0) is 31.2 Å². The molecule has 6 nitrogen and oxygen atoms in total. The van der Waals surface area contributed by atoms with Gasteiger partial charge in [-0.2, -0.15) is 0 Å². The third-order valence-electron chi connectivity index (χ3n) is 7.57. The monoisotopic (exact) mass is 438 g/mol. The molecule has 0 spiro atoms. The number of methoxy groups -OCH3 is 1. The zero-order chi connectivity index (χ0) is 22.6. The molecular weight excluding hydrogens is 412 g/mol. The van der Waals surface area contributed by atoms with Crippen LogP contribution in [0, 0.1) is 5.92 Å². The van der Waals surface area contributed by atoms with Crippen LogP contribution in [-0.2, 0) is 18.3 Å². The molecule has 0 amide bonds. The van der Waals surface area contributed by atoms with Gasteiger partial charge in [0.25, 0.3) is 0 Å². The fourth-order valence-corrected chi connectivity index (χ4v) is 5.98. The molecule has 6 heteroatoms. The van der Waals surface area contributed by atoms with Crippen molar-refractivity contribution in [2.24, 2.45) is 5.92 Å². The van der Waals surface area contributed by atoms with Crippen molar-refractivity contribution < 1.29 is 9.26 Å². The molecule has 4 aromatic rings. The fraction of sp³-hybridized carbons (Fsp3) is 0.333. The van der Waals surface area contributed by atoms with Crippen molar-refractivity contribution in [1.29, 1.82) is 0 Å². The topological polar surface area (TPSA) is 73.9 Å². The van der Waals surface area contributed by atoms with E-state index in [1.165, 1.54) is 11.1 Å². The molecule has 2 aliphatic rings. The molecule has 3 atom stereocenters. The standard InChI is InChI=1S/C27H26N4O2/c1-16-21-10-9-20-23(17-7-5-4-6-8-17)30-26(18-11-12-28-22(13-18)32-3)31-25(20)27(21,2)14-19-15-29-33-24(16)19/h4-8,11-13,15-16,21H,9-10,14H2,1-3H3/t16-,21-,27-/m1/s1. The van der Waals surface area contributed by atoms with Crippen LogP contribution in [0.25, 0.3) is 22.6 Å². The van der Waals surface area contributed by atoms with Crippen molar-refractivity contribution >= 4 is 0 Å². The number of nitrogens with zero attached hydrogens (tertiary/aromatic N) is 4. The molecule has 1 aromatic carbocycles. The van der Waals surface area contributed by atoms with Crippen LogP contribution in [0.5, 0.6) is 5.88 Å². The molecule has 0 saturated carbocycles. The summed E-state index contributed by atoms with van der Waals surface area (Å²) in [5.41, 5.74) is 6.53. The van der Waals surface area contributed by atoms with Crippen molar-refractivity contribution in [2.75, 3.05) is 7.11 Å². The van der Waals surface area contributed by atoms with E-state index in [0.717, 1.165) is 47.5 Å². The van der Waals surface area contributed by atoms with Crippen LogP contribution in [0.1, 0.15) is 48.8 Å². The third kappa shape index (κ3) is 3.08. The molecular formula is C27H26N4O2. The number of rotatable bonds is 3. The van der Waals surface area contributed by atoms with E-state index in [9.17, 15) is 0 Å². The first kappa shape index (κ1) is 20.1. The maximum atomic E-state index is 5.66. The molecule has 0 N–H and O–H groups in total. The molecule has 3 heterocycles. The zero-order valence-electron chi connectivity index (χ0n) is 19.1. The van der Waals surface area contributed by atoms with Crippen molar-refractivity contribution in [1.82, 2.24) is 20.1 Å². The molecule has 2 aliphatic carbocycles. The van der Waals surface area contributed by atoms with Gasteiger partial charge in [-0.1, -0.05) is 49.3 Å². The Kier molecular flexibility index (Phi) is 4.57. The van der Waals surface area contributed by atoms with Crippen molar-refractivity contribution in [3.8, 4) is 28.5 Å². The second kappa shape index (κ2) is 7.51. The summed E-state index contributed by atoms with van der Waals surface area (Å²) in [6.07, 6.45) is 6.54. The summed E-state index contributed by atoms with van der Waals surface area (Å²) in [7, 11) is 1.63. The maximum Gasteiger partial charge on any atom is 0.213 e. The second-order valence-corrected chi connectivity index (χ2v) is 9.42. The Bertz CT molecular complexity index is 1330. The number of hydrogen-bond acceptors (Lipinski definition) is 6. The Morgan fingerprint density at radius 3 is 2.76 bits per heavy atom. The highest BCUT2D eigenvalue weighted by atomic mass is 16.5. The summed E-state index contributed by atoms with van der Waals surface area (Å²) in [6.45, 7) is 4.63. The van der Waals surface area contributed by atoms with Gasteiger partial charge in [0, 0.05) is 45.8 Å². The first-order valence-corrected chi connectivity index (χ1v) is 11.5. The van der Waals surface area contributed by atoms with Crippen LogP contribution in [-0.4, -0.2) is 27.2 Å². The Balaban J connectivity index is 1.60. The Morgan fingerprint density at radius 2 is 1.94 bits per heavy atom. The lowest BCUT2D eigenvalue weighted by molar-refractivity contribution is 0.172. The molecule has 0 saturated heterocycles. The lowest BCUT2D eigenvalue weighted by atomic mass is 9.56. The van der Waals surface area contributed by atoms with Crippen LogP contribution >= 0.6 is 0 Å². The maximum absolute atomic E-state index is 5.66. The number of ether oxygens (including phenoxy) is 1. The van der Waals surface area contributed by atoms with E-state index in [0.29, 0.717) is 23.5 Å². The van der Waals surface area contributed by atoms with E-state index in [1.54, 1.807) is 13.3 Å². The molecule has 0 radical (unpaired) electrons. The summed E-state index contributed by atoms with van der Waals surface area (Å²) < 4.78 is 11.0. The Morgan fingerprint density at radius 1 is 1.09 bits per heavy atom. The third-order valence-corrected chi connectivity index (χ3v) is 7.57.